The van der Waals surface area contributed by atoms with Crippen LogP contribution in [0.1, 0.15) is 11.5 Å². The molecular formula is C11H6F3N3O. The highest BCUT2D eigenvalue weighted by Gasteiger charge is 2.30. The third-order valence-electron chi connectivity index (χ3n) is 2.17. The fourth-order valence-electron chi connectivity index (χ4n) is 1.32. The molecule has 1 aromatic heterocycles. The first-order valence-electron chi connectivity index (χ1n) is 4.88. The summed E-state index contributed by atoms with van der Waals surface area (Å²) in [7, 11) is 0. The van der Waals surface area contributed by atoms with Gasteiger partial charge in [0.25, 0.3) is 0 Å². The van der Waals surface area contributed by atoms with E-state index in [1.165, 1.54) is 12.1 Å². The van der Waals surface area contributed by atoms with E-state index in [2.05, 4.69) is 10.1 Å². The van der Waals surface area contributed by atoms with Crippen LogP contribution < -0.4 is 0 Å². The Hall–Kier alpha value is -2.36. The zero-order valence-electron chi connectivity index (χ0n) is 8.90. The first-order chi connectivity index (χ1) is 8.50. The number of hydrogen-bond donors (Lipinski definition) is 0. The highest BCUT2D eigenvalue weighted by atomic mass is 19.4. The van der Waals surface area contributed by atoms with Gasteiger partial charge in [-0.25, -0.2) is 0 Å². The van der Waals surface area contributed by atoms with Gasteiger partial charge in [0.2, 0.25) is 11.7 Å². The van der Waals surface area contributed by atoms with E-state index < -0.39 is 11.7 Å². The van der Waals surface area contributed by atoms with Gasteiger partial charge in [-0.15, -0.1) is 0 Å². The van der Waals surface area contributed by atoms with Crippen LogP contribution in [0.25, 0.3) is 11.4 Å². The number of nitrogens with zero attached hydrogens (tertiary/aromatic N) is 3. The van der Waals surface area contributed by atoms with Gasteiger partial charge in [0.05, 0.1) is 11.6 Å². The van der Waals surface area contributed by atoms with Gasteiger partial charge in [0, 0.05) is 5.56 Å². The highest BCUT2D eigenvalue weighted by molar-refractivity contribution is 5.54. The van der Waals surface area contributed by atoms with Crippen molar-refractivity contribution in [3.63, 3.8) is 0 Å². The molecule has 0 saturated carbocycles. The quantitative estimate of drug-likeness (QED) is 0.825. The number of alkyl halides is 3. The maximum absolute atomic E-state index is 12.3. The molecule has 92 valence electrons. The van der Waals surface area contributed by atoms with Crippen molar-refractivity contribution < 1.29 is 17.7 Å². The number of hydrogen-bond acceptors (Lipinski definition) is 4. The van der Waals surface area contributed by atoms with Crippen LogP contribution in [0.3, 0.4) is 0 Å². The molecule has 2 aromatic rings. The number of benzene rings is 1. The van der Waals surface area contributed by atoms with E-state index in [1.807, 2.05) is 6.07 Å². The van der Waals surface area contributed by atoms with Crippen molar-refractivity contribution in [1.82, 2.24) is 10.1 Å². The van der Waals surface area contributed by atoms with Crippen LogP contribution in [0.5, 0.6) is 0 Å². The Bertz CT molecular complexity index is 581. The van der Waals surface area contributed by atoms with Crippen molar-refractivity contribution in [2.24, 2.45) is 0 Å². The molecule has 18 heavy (non-hydrogen) atoms. The van der Waals surface area contributed by atoms with E-state index in [1.54, 1.807) is 0 Å². The van der Waals surface area contributed by atoms with Crippen LogP contribution in [0, 0.1) is 11.3 Å². The molecule has 0 fully saturated rings. The normalized spacial score (nSPS) is 11.2. The van der Waals surface area contributed by atoms with E-state index >= 15 is 0 Å². The number of aromatic nitrogens is 2. The second kappa shape index (κ2) is 4.49. The van der Waals surface area contributed by atoms with Crippen LogP contribution >= 0.6 is 0 Å². The van der Waals surface area contributed by atoms with Gasteiger partial charge in [0.15, 0.2) is 0 Å². The molecule has 0 spiro atoms. The van der Waals surface area contributed by atoms with E-state index in [4.69, 9.17) is 9.78 Å². The summed E-state index contributed by atoms with van der Waals surface area (Å²) in [4.78, 5) is 3.88. The predicted octanol–water partition coefficient (Wildman–Crippen LogP) is 2.82. The summed E-state index contributed by atoms with van der Waals surface area (Å²) in [6.07, 6.45) is -4.41. The Morgan fingerprint density at radius 1 is 1.22 bits per heavy atom. The number of halogens is 3. The molecule has 1 aromatic carbocycles. The number of nitriles is 1. The van der Waals surface area contributed by atoms with Gasteiger partial charge in [-0.3, -0.25) is 0 Å². The minimum Gasteiger partial charge on any atom is -0.338 e. The van der Waals surface area contributed by atoms with E-state index in [0.717, 1.165) is 12.1 Å². The van der Waals surface area contributed by atoms with Gasteiger partial charge in [-0.1, -0.05) is 17.3 Å². The van der Waals surface area contributed by atoms with Crippen LogP contribution in [-0.4, -0.2) is 10.1 Å². The molecule has 0 atom stereocenters. The average Bonchev–Trinajstić information content (AvgIpc) is 2.77. The lowest BCUT2D eigenvalue weighted by Crippen LogP contribution is -2.04. The summed E-state index contributed by atoms with van der Waals surface area (Å²) in [5.41, 5.74) is -0.345. The molecule has 0 radical (unpaired) electrons. The summed E-state index contributed by atoms with van der Waals surface area (Å²) < 4.78 is 41.8. The summed E-state index contributed by atoms with van der Waals surface area (Å²) >= 11 is 0. The molecule has 0 unspecified atom stereocenters. The summed E-state index contributed by atoms with van der Waals surface area (Å²) in [6, 6.07) is 6.22. The lowest BCUT2D eigenvalue weighted by atomic mass is 10.1. The van der Waals surface area contributed by atoms with Gasteiger partial charge in [0.1, 0.15) is 6.42 Å². The summed E-state index contributed by atoms with van der Waals surface area (Å²) in [5.74, 6) is 0.293. The molecule has 0 bridgehead atoms. The van der Waals surface area contributed by atoms with Crippen molar-refractivity contribution in [2.45, 2.75) is 12.6 Å². The van der Waals surface area contributed by atoms with Crippen LogP contribution in [-0.2, 0) is 12.6 Å². The fourth-order valence-corrected chi connectivity index (χ4v) is 1.32. The van der Waals surface area contributed by atoms with Gasteiger partial charge in [-0.05, 0) is 12.1 Å². The molecule has 0 N–H and O–H groups in total. The zero-order valence-corrected chi connectivity index (χ0v) is 8.90. The third kappa shape index (κ3) is 2.48. The summed E-state index contributed by atoms with van der Waals surface area (Å²) in [5, 5.41) is 12.0. The zero-order chi connectivity index (χ0) is 13.2. The Morgan fingerprint density at radius 2 is 1.89 bits per heavy atom. The first-order valence-corrected chi connectivity index (χ1v) is 4.88. The molecule has 4 nitrogen and oxygen atoms in total. The maximum atomic E-state index is 12.3. The van der Waals surface area contributed by atoms with Crippen LogP contribution in [0.2, 0.25) is 0 Å². The Labute approximate surface area is 99.7 Å². The van der Waals surface area contributed by atoms with Gasteiger partial charge < -0.3 is 4.52 Å². The lowest BCUT2D eigenvalue weighted by Gasteiger charge is -2.05. The largest absolute Gasteiger partial charge is 0.416 e. The minimum atomic E-state index is -4.37. The van der Waals surface area contributed by atoms with Crippen molar-refractivity contribution in [3.8, 4) is 17.5 Å². The SMILES string of the molecule is N#CCc1nc(-c2ccc(C(F)(F)F)cc2)no1. The molecule has 0 amide bonds. The molecule has 0 aliphatic rings. The van der Waals surface area contributed by atoms with E-state index in [0.29, 0.717) is 5.56 Å². The van der Waals surface area contributed by atoms with Crippen molar-refractivity contribution >= 4 is 0 Å². The summed E-state index contributed by atoms with van der Waals surface area (Å²) in [6.45, 7) is 0. The molecule has 0 aliphatic heterocycles. The van der Waals surface area contributed by atoms with E-state index in [9.17, 15) is 13.2 Å². The average molecular weight is 253 g/mol. The Morgan fingerprint density at radius 3 is 2.44 bits per heavy atom. The third-order valence-corrected chi connectivity index (χ3v) is 2.17. The maximum Gasteiger partial charge on any atom is 0.416 e. The molecule has 2 rings (SSSR count). The molecule has 0 aliphatic carbocycles. The smallest absolute Gasteiger partial charge is 0.338 e. The second-order valence-corrected chi connectivity index (χ2v) is 3.42. The fraction of sp³-hybridized carbons (Fsp3) is 0.182. The topological polar surface area (TPSA) is 62.7 Å². The Balaban J connectivity index is 2.26. The number of rotatable bonds is 2. The molecule has 7 heteroatoms. The Kier molecular flexibility index (Phi) is 3.02. The minimum absolute atomic E-state index is 0.0341. The highest BCUT2D eigenvalue weighted by Crippen LogP contribution is 2.30. The van der Waals surface area contributed by atoms with Crippen molar-refractivity contribution in [1.29, 1.82) is 5.26 Å². The predicted molar refractivity (Wildman–Crippen MR) is 54.1 cm³/mol. The lowest BCUT2D eigenvalue weighted by molar-refractivity contribution is -0.137. The van der Waals surface area contributed by atoms with Crippen LogP contribution in [0.15, 0.2) is 28.8 Å². The monoisotopic (exact) mass is 253 g/mol. The van der Waals surface area contributed by atoms with Crippen molar-refractivity contribution in [3.05, 3.63) is 35.7 Å². The van der Waals surface area contributed by atoms with Crippen molar-refractivity contribution in [2.75, 3.05) is 0 Å². The standard InChI is InChI=1S/C11H6F3N3O/c12-11(13,14)8-3-1-7(2-4-8)10-16-9(5-6-15)18-17-10/h1-4H,5H2. The molecular weight excluding hydrogens is 247 g/mol. The first kappa shape index (κ1) is 12.1. The van der Waals surface area contributed by atoms with Crippen LogP contribution in [0.4, 0.5) is 13.2 Å². The molecule has 1 heterocycles. The van der Waals surface area contributed by atoms with E-state index in [-0.39, 0.29) is 18.1 Å². The second-order valence-electron chi connectivity index (χ2n) is 3.42. The molecule has 0 saturated heterocycles. The van der Waals surface area contributed by atoms with Gasteiger partial charge >= 0.3 is 6.18 Å². The van der Waals surface area contributed by atoms with Gasteiger partial charge in [-0.2, -0.15) is 23.4 Å².